The van der Waals surface area contributed by atoms with Crippen LogP contribution in [0, 0.1) is 5.92 Å². The first-order chi connectivity index (χ1) is 9.22. The first-order valence-corrected chi connectivity index (χ1v) is 7.24. The van der Waals surface area contributed by atoms with E-state index in [1.165, 1.54) is 12.8 Å². The number of rotatable bonds is 9. The third kappa shape index (κ3) is 5.11. The Labute approximate surface area is 117 Å². The van der Waals surface area contributed by atoms with Gasteiger partial charge in [-0.1, -0.05) is 32.4 Å². The van der Waals surface area contributed by atoms with Gasteiger partial charge < -0.3 is 14.8 Å². The topological polar surface area (TPSA) is 30.5 Å². The molecule has 0 spiro atoms. The highest BCUT2D eigenvalue weighted by Gasteiger charge is 2.12. The van der Waals surface area contributed by atoms with Crippen molar-refractivity contribution in [3.63, 3.8) is 0 Å². The zero-order chi connectivity index (χ0) is 14.1. The van der Waals surface area contributed by atoms with Gasteiger partial charge in [0.25, 0.3) is 0 Å². The van der Waals surface area contributed by atoms with E-state index in [1.54, 1.807) is 0 Å². The van der Waals surface area contributed by atoms with Crippen LogP contribution in [-0.4, -0.2) is 20.3 Å². The maximum absolute atomic E-state index is 6.02. The molecule has 3 heteroatoms. The van der Waals surface area contributed by atoms with Gasteiger partial charge in [-0.3, -0.25) is 0 Å². The number of nitrogens with one attached hydrogen (secondary N) is 1. The highest BCUT2D eigenvalue weighted by molar-refractivity contribution is 5.46. The smallest absolute Gasteiger partial charge is 0.165 e. The summed E-state index contributed by atoms with van der Waals surface area (Å²) in [6, 6.07) is 6.07. The van der Waals surface area contributed by atoms with E-state index in [2.05, 4.69) is 25.2 Å². The lowest BCUT2D eigenvalue weighted by molar-refractivity contribution is 0.231. The molecule has 0 radical (unpaired) electrons. The van der Waals surface area contributed by atoms with Gasteiger partial charge in [0.05, 0.1) is 13.2 Å². The van der Waals surface area contributed by atoms with E-state index in [-0.39, 0.29) is 0 Å². The van der Waals surface area contributed by atoms with Crippen molar-refractivity contribution in [2.45, 2.75) is 40.2 Å². The highest BCUT2D eigenvalue weighted by Crippen LogP contribution is 2.32. The molecule has 1 rings (SSSR count). The van der Waals surface area contributed by atoms with Crippen molar-refractivity contribution in [2.24, 2.45) is 5.92 Å². The molecule has 0 saturated carbocycles. The molecule has 3 nitrogen and oxygen atoms in total. The minimum atomic E-state index is 0.571. The van der Waals surface area contributed by atoms with Crippen molar-refractivity contribution < 1.29 is 9.47 Å². The molecular weight excluding hydrogens is 238 g/mol. The lowest BCUT2D eigenvalue weighted by Crippen LogP contribution is -2.13. The van der Waals surface area contributed by atoms with E-state index in [9.17, 15) is 0 Å². The summed E-state index contributed by atoms with van der Waals surface area (Å²) >= 11 is 0. The Balaban J connectivity index is 2.80. The minimum absolute atomic E-state index is 0.571. The molecule has 1 N–H and O–H groups in total. The van der Waals surface area contributed by atoms with Crippen molar-refractivity contribution in [3.8, 4) is 11.5 Å². The van der Waals surface area contributed by atoms with Gasteiger partial charge in [-0.25, -0.2) is 0 Å². The van der Waals surface area contributed by atoms with Crippen molar-refractivity contribution >= 4 is 0 Å². The van der Waals surface area contributed by atoms with Crippen LogP contribution < -0.4 is 14.8 Å². The van der Waals surface area contributed by atoms with E-state index in [0.29, 0.717) is 12.5 Å². The normalized spacial score (nSPS) is 12.2. The fourth-order valence-electron chi connectivity index (χ4n) is 2.13. The summed E-state index contributed by atoms with van der Waals surface area (Å²) in [5, 5.41) is 3.17. The number of para-hydroxylation sites is 1. The van der Waals surface area contributed by atoms with Crippen molar-refractivity contribution in [3.05, 3.63) is 23.8 Å². The molecular formula is C16H27NO2. The summed E-state index contributed by atoms with van der Waals surface area (Å²) in [7, 11) is 1.94. The largest absolute Gasteiger partial charge is 0.490 e. The molecule has 0 fully saturated rings. The predicted octanol–water partition coefficient (Wildman–Crippen LogP) is 3.62. The standard InChI is InChI=1S/C16H27NO2/c1-5-8-13(3)12-19-16-14(11-17-4)9-7-10-15(16)18-6-2/h7,9-10,13,17H,5-6,8,11-12H2,1-4H3. The van der Waals surface area contributed by atoms with Crippen LogP contribution in [0.2, 0.25) is 0 Å². The van der Waals surface area contributed by atoms with E-state index in [0.717, 1.165) is 30.2 Å². The summed E-state index contributed by atoms with van der Waals surface area (Å²) in [6.07, 6.45) is 2.39. The second-order valence-corrected chi connectivity index (χ2v) is 4.91. The summed E-state index contributed by atoms with van der Waals surface area (Å²) in [6.45, 7) is 8.62. The Morgan fingerprint density at radius 1 is 1.21 bits per heavy atom. The number of hydrogen-bond donors (Lipinski definition) is 1. The molecule has 0 aliphatic heterocycles. The molecule has 1 unspecified atom stereocenters. The summed E-state index contributed by atoms with van der Waals surface area (Å²) < 4.78 is 11.7. The number of ether oxygens (including phenoxy) is 2. The molecule has 0 aliphatic rings. The SMILES string of the molecule is CCCC(C)COc1c(CNC)cccc1OCC. The molecule has 19 heavy (non-hydrogen) atoms. The van der Waals surface area contributed by atoms with Crippen LogP contribution >= 0.6 is 0 Å². The van der Waals surface area contributed by atoms with Gasteiger partial charge in [-0.2, -0.15) is 0 Å². The molecule has 0 aromatic heterocycles. The molecule has 1 aromatic carbocycles. The third-order valence-electron chi connectivity index (χ3n) is 3.02. The number of hydrogen-bond acceptors (Lipinski definition) is 3. The lowest BCUT2D eigenvalue weighted by Gasteiger charge is -2.18. The van der Waals surface area contributed by atoms with Gasteiger partial charge in [0.1, 0.15) is 0 Å². The molecule has 0 bridgehead atoms. The van der Waals surface area contributed by atoms with Crippen LogP contribution in [0.1, 0.15) is 39.2 Å². The summed E-state index contributed by atoms with van der Waals surface area (Å²) in [5.74, 6) is 2.31. The van der Waals surface area contributed by atoms with E-state index in [4.69, 9.17) is 9.47 Å². The molecule has 0 aliphatic carbocycles. The van der Waals surface area contributed by atoms with E-state index >= 15 is 0 Å². The monoisotopic (exact) mass is 265 g/mol. The highest BCUT2D eigenvalue weighted by atomic mass is 16.5. The Morgan fingerprint density at radius 3 is 2.63 bits per heavy atom. The van der Waals surface area contributed by atoms with E-state index < -0.39 is 0 Å². The fraction of sp³-hybridized carbons (Fsp3) is 0.625. The average Bonchev–Trinajstić information content (AvgIpc) is 2.39. The number of benzene rings is 1. The van der Waals surface area contributed by atoms with Gasteiger partial charge in [-0.15, -0.1) is 0 Å². The quantitative estimate of drug-likeness (QED) is 0.739. The Kier molecular flexibility index (Phi) is 7.34. The Bertz CT molecular complexity index is 342. The summed E-state index contributed by atoms with van der Waals surface area (Å²) in [4.78, 5) is 0. The fourth-order valence-corrected chi connectivity index (χ4v) is 2.13. The molecule has 1 atom stereocenters. The van der Waals surface area contributed by atoms with E-state index in [1.807, 2.05) is 26.1 Å². The van der Waals surface area contributed by atoms with Gasteiger partial charge in [0, 0.05) is 12.1 Å². The van der Waals surface area contributed by atoms with Crippen molar-refractivity contribution in [2.75, 3.05) is 20.3 Å². The molecule has 0 saturated heterocycles. The molecule has 0 heterocycles. The van der Waals surface area contributed by atoms with Gasteiger partial charge >= 0.3 is 0 Å². The Morgan fingerprint density at radius 2 is 2.00 bits per heavy atom. The first-order valence-electron chi connectivity index (χ1n) is 7.24. The van der Waals surface area contributed by atoms with Gasteiger partial charge in [-0.05, 0) is 32.4 Å². The van der Waals surface area contributed by atoms with Crippen LogP contribution in [-0.2, 0) is 6.54 Å². The van der Waals surface area contributed by atoms with Crippen molar-refractivity contribution in [1.82, 2.24) is 5.32 Å². The molecule has 1 aromatic rings. The third-order valence-corrected chi connectivity index (χ3v) is 3.02. The van der Waals surface area contributed by atoms with Gasteiger partial charge in [0.15, 0.2) is 11.5 Å². The van der Waals surface area contributed by atoms with Gasteiger partial charge in [0.2, 0.25) is 0 Å². The minimum Gasteiger partial charge on any atom is -0.490 e. The second-order valence-electron chi connectivity index (χ2n) is 4.91. The average molecular weight is 265 g/mol. The first kappa shape index (κ1) is 15.8. The van der Waals surface area contributed by atoms with Crippen LogP contribution in [0.4, 0.5) is 0 Å². The van der Waals surface area contributed by atoms with Crippen LogP contribution in [0.5, 0.6) is 11.5 Å². The second kappa shape index (κ2) is 8.81. The maximum Gasteiger partial charge on any atom is 0.165 e. The predicted molar refractivity (Wildman–Crippen MR) is 79.9 cm³/mol. The maximum atomic E-state index is 6.02. The zero-order valence-corrected chi connectivity index (χ0v) is 12.7. The van der Waals surface area contributed by atoms with Crippen LogP contribution in [0.25, 0.3) is 0 Å². The lowest BCUT2D eigenvalue weighted by atomic mass is 10.1. The van der Waals surface area contributed by atoms with Crippen molar-refractivity contribution in [1.29, 1.82) is 0 Å². The molecule has 108 valence electrons. The van der Waals surface area contributed by atoms with Crippen LogP contribution in [0.3, 0.4) is 0 Å². The zero-order valence-electron chi connectivity index (χ0n) is 12.7. The molecule has 0 amide bonds. The summed E-state index contributed by atoms with van der Waals surface area (Å²) in [5.41, 5.74) is 1.15. The Hall–Kier alpha value is -1.22. The van der Waals surface area contributed by atoms with Crippen LogP contribution in [0.15, 0.2) is 18.2 Å².